The molecule has 1 aliphatic heterocycles. The Morgan fingerprint density at radius 3 is 2.50 bits per heavy atom. The number of aromatic amines is 1. The highest BCUT2D eigenvalue weighted by Crippen LogP contribution is 2.31. The van der Waals surface area contributed by atoms with Crippen molar-refractivity contribution in [2.24, 2.45) is 0 Å². The molecule has 0 saturated heterocycles. The molecule has 4 rings (SSSR count). The molecule has 1 amide bonds. The number of fused-ring (bicyclic) bond motifs is 1. The van der Waals surface area contributed by atoms with Gasteiger partial charge in [-0.15, -0.1) is 0 Å². The van der Waals surface area contributed by atoms with E-state index in [1.165, 1.54) is 0 Å². The Morgan fingerprint density at radius 1 is 1.03 bits per heavy atom. The Hall–Kier alpha value is -3.55. The molecule has 5 nitrogen and oxygen atoms in total. The number of nitrogens with one attached hydrogen (secondary N) is 2. The Labute approximate surface area is 169 Å². The van der Waals surface area contributed by atoms with Crippen LogP contribution in [0.1, 0.15) is 38.8 Å². The maximum Gasteiger partial charge on any atom is 0.431 e. The molecule has 2 heterocycles. The molecule has 0 radical (unpaired) electrons. The van der Waals surface area contributed by atoms with E-state index < -0.39 is 34.9 Å². The van der Waals surface area contributed by atoms with E-state index in [-0.39, 0.29) is 0 Å². The summed E-state index contributed by atoms with van der Waals surface area (Å²) in [5, 5.41) is 2.76. The van der Waals surface area contributed by atoms with Crippen molar-refractivity contribution in [2.45, 2.75) is 18.6 Å². The summed E-state index contributed by atoms with van der Waals surface area (Å²) in [4.78, 5) is 26.6. The van der Waals surface area contributed by atoms with Crippen molar-refractivity contribution >= 4 is 5.91 Å². The molecule has 0 fully saturated rings. The van der Waals surface area contributed by atoms with Gasteiger partial charge in [0, 0.05) is 6.42 Å². The van der Waals surface area contributed by atoms with Crippen molar-refractivity contribution in [3.8, 4) is 5.75 Å². The molecule has 154 valence electrons. The predicted octanol–water partition coefficient (Wildman–Crippen LogP) is 3.85. The lowest BCUT2D eigenvalue weighted by atomic mass is 9.96. The molecule has 0 saturated carbocycles. The van der Waals surface area contributed by atoms with E-state index in [1.807, 2.05) is 48.5 Å². The summed E-state index contributed by atoms with van der Waals surface area (Å²) < 4.78 is 43.9. The summed E-state index contributed by atoms with van der Waals surface area (Å²) in [6.45, 7) is 0.585. The van der Waals surface area contributed by atoms with Crippen molar-refractivity contribution in [3.63, 3.8) is 0 Å². The molecular weight excluding hydrogens is 397 g/mol. The van der Waals surface area contributed by atoms with Crippen LogP contribution in [-0.4, -0.2) is 17.5 Å². The van der Waals surface area contributed by atoms with Crippen LogP contribution in [0.15, 0.2) is 65.5 Å². The second kappa shape index (κ2) is 7.70. The fourth-order valence-electron chi connectivity index (χ4n) is 3.39. The number of amides is 1. The van der Waals surface area contributed by atoms with Crippen LogP contribution in [-0.2, 0) is 12.6 Å². The maximum absolute atomic E-state index is 12.8. The Kier molecular flexibility index (Phi) is 5.07. The Balaban J connectivity index is 1.67. The first-order chi connectivity index (χ1) is 14.3. The third kappa shape index (κ3) is 3.94. The molecular formula is C22H17F3N2O3. The minimum absolute atomic E-state index is 0.402. The molecule has 1 atom stereocenters. The van der Waals surface area contributed by atoms with Gasteiger partial charge >= 0.3 is 6.18 Å². The standard InChI is InChI=1S/C22H17F3N2O3/c23-22(24,25)18-9-8-16(20(28)26-18)21(29)27-19(14-4-2-1-3-5-14)15-7-6-13-10-11-30-17(13)12-15/h1-9,12,19H,10-11H2,(H,26,28)(H,27,29). The molecule has 0 aliphatic carbocycles. The number of hydrogen-bond donors (Lipinski definition) is 2. The van der Waals surface area contributed by atoms with E-state index in [1.54, 1.807) is 4.98 Å². The minimum Gasteiger partial charge on any atom is -0.493 e. The summed E-state index contributed by atoms with van der Waals surface area (Å²) in [6.07, 6.45) is -3.90. The number of pyridine rings is 1. The van der Waals surface area contributed by atoms with Gasteiger partial charge in [0.15, 0.2) is 0 Å². The number of ether oxygens (including phenoxy) is 1. The van der Waals surface area contributed by atoms with E-state index >= 15 is 0 Å². The van der Waals surface area contributed by atoms with Crippen LogP contribution in [0, 0.1) is 0 Å². The van der Waals surface area contributed by atoms with Crippen LogP contribution in [0.25, 0.3) is 0 Å². The first-order valence-electron chi connectivity index (χ1n) is 9.25. The second-order valence-electron chi connectivity index (χ2n) is 6.90. The van der Waals surface area contributed by atoms with Gasteiger partial charge in [0.1, 0.15) is 17.0 Å². The lowest BCUT2D eigenvalue weighted by Gasteiger charge is -2.20. The Bertz CT molecular complexity index is 1140. The monoisotopic (exact) mass is 414 g/mol. The fourth-order valence-corrected chi connectivity index (χ4v) is 3.39. The number of alkyl halides is 3. The molecule has 2 aromatic carbocycles. The molecule has 30 heavy (non-hydrogen) atoms. The number of halogens is 3. The zero-order valence-corrected chi connectivity index (χ0v) is 15.6. The number of rotatable bonds is 4. The first kappa shape index (κ1) is 19.8. The van der Waals surface area contributed by atoms with Crippen molar-refractivity contribution in [1.29, 1.82) is 0 Å². The summed E-state index contributed by atoms with van der Waals surface area (Å²) in [6, 6.07) is 15.6. The zero-order valence-electron chi connectivity index (χ0n) is 15.6. The van der Waals surface area contributed by atoms with Gasteiger partial charge in [0.05, 0.1) is 12.6 Å². The van der Waals surface area contributed by atoms with Gasteiger partial charge in [-0.1, -0.05) is 42.5 Å². The lowest BCUT2D eigenvalue weighted by molar-refractivity contribution is -0.141. The highest BCUT2D eigenvalue weighted by atomic mass is 19.4. The number of carbonyl (C=O) groups excluding carboxylic acids is 1. The molecule has 2 N–H and O–H groups in total. The molecule has 0 spiro atoms. The number of benzene rings is 2. The number of H-pyrrole nitrogens is 1. The van der Waals surface area contributed by atoms with Crippen molar-refractivity contribution < 1.29 is 22.7 Å². The number of carbonyl (C=O) groups is 1. The van der Waals surface area contributed by atoms with Gasteiger partial charge in [-0.25, -0.2) is 0 Å². The average Bonchev–Trinajstić information content (AvgIpc) is 3.19. The number of aromatic nitrogens is 1. The fraction of sp³-hybridized carbons (Fsp3) is 0.182. The topological polar surface area (TPSA) is 71.2 Å². The maximum atomic E-state index is 12.8. The van der Waals surface area contributed by atoms with Crippen LogP contribution >= 0.6 is 0 Å². The average molecular weight is 414 g/mol. The summed E-state index contributed by atoms with van der Waals surface area (Å²) in [5.74, 6) is -0.0460. The predicted molar refractivity (Wildman–Crippen MR) is 103 cm³/mol. The van der Waals surface area contributed by atoms with Crippen molar-refractivity contribution in [1.82, 2.24) is 10.3 Å². The molecule has 8 heteroatoms. The number of hydrogen-bond acceptors (Lipinski definition) is 3. The van der Waals surface area contributed by atoms with Crippen LogP contribution in [0.4, 0.5) is 13.2 Å². The van der Waals surface area contributed by atoms with Gasteiger partial charge < -0.3 is 15.0 Å². The van der Waals surface area contributed by atoms with Gasteiger partial charge in [0.25, 0.3) is 11.5 Å². The van der Waals surface area contributed by atoms with Gasteiger partial charge in [-0.3, -0.25) is 9.59 Å². The summed E-state index contributed by atoms with van der Waals surface area (Å²) in [7, 11) is 0. The van der Waals surface area contributed by atoms with Crippen LogP contribution in [0.5, 0.6) is 5.75 Å². The first-order valence-corrected chi connectivity index (χ1v) is 9.25. The van der Waals surface area contributed by atoms with Crippen LogP contribution in [0.3, 0.4) is 0 Å². The van der Waals surface area contributed by atoms with Crippen molar-refractivity contribution in [2.75, 3.05) is 6.61 Å². The third-order valence-electron chi connectivity index (χ3n) is 4.92. The van der Waals surface area contributed by atoms with Gasteiger partial charge in [-0.05, 0) is 34.9 Å². The Morgan fingerprint density at radius 2 is 1.80 bits per heavy atom. The smallest absolute Gasteiger partial charge is 0.431 e. The molecule has 1 aromatic heterocycles. The molecule has 1 aliphatic rings. The third-order valence-corrected chi connectivity index (χ3v) is 4.92. The van der Waals surface area contributed by atoms with E-state index in [9.17, 15) is 22.8 Å². The van der Waals surface area contributed by atoms with E-state index in [0.29, 0.717) is 12.7 Å². The highest BCUT2D eigenvalue weighted by Gasteiger charge is 2.32. The van der Waals surface area contributed by atoms with Crippen LogP contribution in [0.2, 0.25) is 0 Å². The van der Waals surface area contributed by atoms with E-state index in [4.69, 9.17) is 4.74 Å². The molecule has 0 bridgehead atoms. The zero-order chi connectivity index (χ0) is 21.3. The lowest BCUT2D eigenvalue weighted by Crippen LogP contribution is -2.34. The SMILES string of the molecule is O=C(NC(c1ccccc1)c1ccc2c(c1)OCC2)c1ccc(C(F)(F)F)[nH]c1=O. The molecule has 1 unspecified atom stereocenters. The van der Waals surface area contributed by atoms with Crippen LogP contribution < -0.4 is 15.6 Å². The van der Waals surface area contributed by atoms with Gasteiger partial charge in [-0.2, -0.15) is 13.2 Å². The van der Waals surface area contributed by atoms with Crippen molar-refractivity contribution in [3.05, 3.63) is 99.0 Å². The second-order valence-corrected chi connectivity index (χ2v) is 6.90. The quantitative estimate of drug-likeness (QED) is 0.681. The minimum atomic E-state index is -4.70. The summed E-state index contributed by atoms with van der Waals surface area (Å²) >= 11 is 0. The van der Waals surface area contributed by atoms with E-state index in [0.717, 1.165) is 34.9 Å². The highest BCUT2D eigenvalue weighted by molar-refractivity contribution is 5.94. The molecule has 3 aromatic rings. The largest absolute Gasteiger partial charge is 0.493 e. The van der Waals surface area contributed by atoms with E-state index in [2.05, 4.69) is 5.32 Å². The van der Waals surface area contributed by atoms with Gasteiger partial charge in [0.2, 0.25) is 0 Å². The summed E-state index contributed by atoms with van der Waals surface area (Å²) in [5.41, 5.74) is -0.158. The normalized spacial score (nSPS) is 14.0.